The minimum Gasteiger partial charge on any atom is -0.313 e. The van der Waals surface area contributed by atoms with Crippen molar-refractivity contribution in [1.29, 1.82) is 0 Å². The van der Waals surface area contributed by atoms with E-state index in [1.54, 1.807) is 0 Å². The molecule has 0 amide bonds. The maximum Gasteiger partial charge on any atom is 0.0175 e. The molecule has 0 heterocycles. The van der Waals surface area contributed by atoms with Gasteiger partial charge in [-0.2, -0.15) is 0 Å². The quantitative estimate of drug-likeness (QED) is 0.727. The van der Waals surface area contributed by atoms with E-state index >= 15 is 0 Å². The average molecular weight is 326 g/mol. The second-order valence-corrected chi connectivity index (χ2v) is 7.31. The molecular formula is C17H28BrN. The van der Waals surface area contributed by atoms with Crippen molar-refractivity contribution in [2.45, 2.75) is 59.4 Å². The first-order chi connectivity index (χ1) is 8.93. The fourth-order valence-electron chi connectivity index (χ4n) is 2.32. The normalized spacial score (nSPS) is 13.5. The Morgan fingerprint density at radius 3 is 2.32 bits per heavy atom. The molecule has 0 aliphatic heterocycles. The van der Waals surface area contributed by atoms with Crippen LogP contribution in [0.1, 0.15) is 52.5 Å². The summed E-state index contributed by atoms with van der Waals surface area (Å²) in [4.78, 5) is 0. The first-order valence-corrected chi connectivity index (χ1v) is 8.20. The fourth-order valence-corrected chi connectivity index (χ4v) is 2.59. The SMILES string of the molecule is CCCNC(CCCc1ccc(Br)cc1)C(C)(C)C. The highest BCUT2D eigenvalue weighted by molar-refractivity contribution is 9.10. The van der Waals surface area contributed by atoms with Gasteiger partial charge in [0.1, 0.15) is 0 Å². The van der Waals surface area contributed by atoms with Crippen LogP contribution < -0.4 is 5.32 Å². The van der Waals surface area contributed by atoms with E-state index in [0.717, 1.165) is 11.0 Å². The second kappa shape index (κ2) is 8.06. The summed E-state index contributed by atoms with van der Waals surface area (Å²) in [5, 5.41) is 3.70. The Morgan fingerprint density at radius 1 is 1.16 bits per heavy atom. The number of hydrogen-bond acceptors (Lipinski definition) is 1. The van der Waals surface area contributed by atoms with Crippen molar-refractivity contribution in [2.75, 3.05) is 6.54 Å². The summed E-state index contributed by atoms with van der Waals surface area (Å²) < 4.78 is 1.16. The molecule has 1 aromatic rings. The summed E-state index contributed by atoms with van der Waals surface area (Å²) in [6.45, 7) is 10.4. The minimum absolute atomic E-state index is 0.342. The van der Waals surface area contributed by atoms with Crippen molar-refractivity contribution < 1.29 is 0 Å². The number of benzene rings is 1. The predicted molar refractivity (Wildman–Crippen MR) is 88.6 cm³/mol. The van der Waals surface area contributed by atoms with Gasteiger partial charge in [-0.3, -0.25) is 0 Å². The third-order valence-electron chi connectivity index (χ3n) is 3.56. The minimum atomic E-state index is 0.342. The molecule has 108 valence electrons. The largest absolute Gasteiger partial charge is 0.313 e. The van der Waals surface area contributed by atoms with Gasteiger partial charge in [-0.25, -0.2) is 0 Å². The van der Waals surface area contributed by atoms with E-state index < -0.39 is 0 Å². The van der Waals surface area contributed by atoms with Crippen LogP contribution in [0.5, 0.6) is 0 Å². The lowest BCUT2D eigenvalue weighted by Crippen LogP contribution is -2.40. The van der Waals surface area contributed by atoms with Crippen molar-refractivity contribution in [1.82, 2.24) is 5.32 Å². The standard InChI is InChI=1S/C17H28BrN/c1-5-13-19-16(17(2,3)4)8-6-7-14-9-11-15(18)12-10-14/h9-12,16,19H,5-8,13H2,1-4H3. The molecule has 0 spiro atoms. The lowest BCUT2D eigenvalue weighted by Gasteiger charge is -2.32. The van der Waals surface area contributed by atoms with Crippen molar-refractivity contribution in [2.24, 2.45) is 5.41 Å². The van der Waals surface area contributed by atoms with Crippen LogP contribution in [0.3, 0.4) is 0 Å². The zero-order valence-corrected chi connectivity index (χ0v) is 14.4. The van der Waals surface area contributed by atoms with Crippen LogP contribution in [-0.2, 0) is 6.42 Å². The van der Waals surface area contributed by atoms with Gasteiger partial charge in [0.15, 0.2) is 0 Å². The molecule has 0 radical (unpaired) electrons. The van der Waals surface area contributed by atoms with Gasteiger partial charge in [-0.1, -0.05) is 55.8 Å². The van der Waals surface area contributed by atoms with E-state index in [1.165, 1.54) is 31.2 Å². The van der Waals surface area contributed by atoms with Crippen molar-refractivity contribution >= 4 is 15.9 Å². The molecule has 0 fully saturated rings. The summed E-state index contributed by atoms with van der Waals surface area (Å²) in [5.74, 6) is 0. The van der Waals surface area contributed by atoms with Crippen LogP contribution in [0.4, 0.5) is 0 Å². The molecule has 1 atom stereocenters. The van der Waals surface area contributed by atoms with E-state index in [4.69, 9.17) is 0 Å². The predicted octanol–water partition coefficient (Wildman–Crippen LogP) is 5.19. The molecule has 0 aliphatic rings. The molecular weight excluding hydrogens is 298 g/mol. The monoisotopic (exact) mass is 325 g/mol. The Balaban J connectivity index is 2.41. The molecule has 2 heteroatoms. The van der Waals surface area contributed by atoms with E-state index in [1.807, 2.05) is 0 Å². The lowest BCUT2D eigenvalue weighted by atomic mass is 9.83. The van der Waals surface area contributed by atoms with Crippen molar-refractivity contribution in [3.63, 3.8) is 0 Å². The van der Waals surface area contributed by atoms with Gasteiger partial charge >= 0.3 is 0 Å². The topological polar surface area (TPSA) is 12.0 Å². The highest BCUT2D eigenvalue weighted by Gasteiger charge is 2.23. The number of rotatable bonds is 7. The molecule has 0 saturated carbocycles. The number of halogens is 1. The Hall–Kier alpha value is -0.340. The van der Waals surface area contributed by atoms with Crippen LogP contribution in [0, 0.1) is 5.41 Å². The number of hydrogen-bond donors (Lipinski definition) is 1. The van der Waals surface area contributed by atoms with E-state index in [2.05, 4.69) is 73.2 Å². The van der Waals surface area contributed by atoms with Gasteiger partial charge in [0, 0.05) is 10.5 Å². The van der Waals surface area contributed by atoms with Gasteiger partial charge < -0.3 is 5.32 Å². The number of nitrogens with one attached hydrogen (secondary N) is 1. The summed E-state index contributed by atoms with van der Waals surface area (Å²) in [5.41, 5.74) is 1.78. The Morgan fingerprint density at radius 2 is 1.79 bits per heavy atom. The summed E-state index contributed by atoms with van der Waals surface area (Å²) in [6, 6.07) is 9.31. The summed E-state index contributed by atoms with van der Waals surface area (Å²) in [6.07, 6.45) is 4.88. The lowest BCUT2D eigenvalue weighted by molar-refractivity contribution is 0.251. The third kappa shape index (κ3) is 6.58. The maximum absolute atomic E-state index is 3.70. The van der Waals surface area contributed by atoms with E-state index in [0.29, 0.717) is 11.5 Å². The van der Waals surface area contributed by atoms with Gasteiger partial charge in [-0.05, 0) is 55.3 Å². The van der Waals surface area contributed by atoms with Crippen LogP contribution in [0.15, 0.2) is 28.7 Å². The molecule has 0 aliphatic carbocycles. The number of aryl methyl sites for hydroxylation is 1. The molecule has 0 bridgehead atoms. The van der Waals surface area contributed by atoms with E-state index in [9.17, 15) is 0 Å². The first-order valence-electron chi connectivity index (χ1n) is 7.41. The maximum atomic E-state index is 3.70. The van der Waals surface area contributed by atoms with Crippen LogP contribution in [-0.4, -0.2) is 12.6 Å². The highest BCUT2D eigenvalue weighted by Crippen LogP contribution is 2.24. The zero-order valence-electron chi connectivity index (χ0n) is 12.8. The van der Waals surface area contributed by atoms with Gasteiger partial charge in [0.05, 0.1) is 0 Å². The van der Waals surface area contributed by atoms with Gasteiger partial charge in [-0.15, -0.1) is 0 Å². The molecule has 19 heavy (non-hydrogen) atoms. The van der Waals surface area contributed by atoms with Gasteiger partial charge in [0.25, 0.3) is 0 Å². The fraction of sp³-hybridized carbons (Fsp3) is 0.647. The van der Waals surface area contributed by atoms with Crippen molar-refractivity contribution in [3.8, 4) is 0 Å². The third-order valence-corrected chi connectivity index (χ3v) is 4.09. The smallest absolute Gasteiger partial charge is 0.0175 e. The molecule has 1 N–H and O–H groups in total. The second-order valence-electron chi connectivity index (χ2n) is 6.39. The van der Waals surface area contributed by atoms with Crippen molar-refractivity contribution in [3.05, 3.63) is 34.3 Å². The first kappa shape index (κ1) is 16.7. The van der Waals surface area contributed by atoms with Gasteiger partial charge in [0.2, 0.25) is 0 Å². The highest BCUT2D eigenvalue weighted by atomic mass is 79.9. The van der Waals surface area contributed by atoms with E-state index in [-0.39, 0.29) is 0 Å². The summed E-state index contributed by atoms with van der Waals surface area (Å²) in [7, 11) is 0. The molecule has 0 saturated heterocycles. The molecule has 1 aromatic carbocycles. The molecule has 1 unspecified atom stereocenters. The zero-order chi connectivity index (χ0) is 14.3. The molecule has 1 nitrogen and oxygen atoms in total. The van der Waals surface area contributed by atoms with Crippen LogP contribution in [0.25, 0.3) is 0 Å². The average Bonchev–Trinajstić information content (AvgIpc) is 2.34. The van der Waals surface area contributed by atoms with Crippen LogP contribution in [0.2, 0.25) is 0 Å². The molecule has 1 rings (SSSR count). The van der Waals surface area contributed by atoms with Crippen LogP contribution >= 0.6 is 15.9 Å². The summed E-state index contributed by atoms with van der Waals surface area (Å²) >= 11 is 3.48. The Kier molecular flexibility index (Phi) is 7.09. The molecule has 0 aromatic heterocycles. The Bertz CT molecular complexity index is 351. The Labute approximate surface area is 127 Å².